The van der Waals surface area contributed by atoms with Crippen molar-refractivity contribution in [2.24, 2.45) is 5.73 Å². The van der Waals surface area contributed by atoms with Gasteiger partial charge in [-0.1, -0.05) is 6.92 Å². The third kappa shape index (κ3) is 3.98. The minimum Gasteiger partial charge on any atom is -0.436 e. The van der Waals surface area contributed by atoms with Gasteiger partial charge in [-0.25, -0.2) is 13.8 Å². The molecule has 21 heavy (non-hydrogen) atoms. The molecule has 0 saturated heterocycles. The van der Waals surface area contributed by atoms with Gasteiger partial charge < -0.3 is 10.5 Å². The summed E-state index contributed by atoms with van der Waals surface area (Å²) in [6.45, 7) is 3.85. The second kappa shape index (κ2) is 6.63. The van der Waals surface area contributed by atoms with Crippen LogP contribution in [0.1, 0.15) is 24.5 Å². The van der Waals surface area contributed by atoms with Crippen LogP contribution in [0.4, 0.5) is 8.78 Å². The van der Waals surface area contributed by atoms with Crippen LogP contribution in [0.2, 0.25) is 0 Å². The van der Waals surface area contributed by atoms with Gasteiger partial charge in [0.2, 0.25) is 5.88 Å². The summed E-state index contributed by atoms with van der Waals surface area (Å²) in [6, 6.07) is 5.17. The summed E-state index contributed by atoms with van der Waals surface area (Å²) in [5.41, 5.74) is 7.69. The molecule has 0 amide bonds. The van der Waals surface area contributed by atoms with Gasteiger partial charge in [-0.05, 0) is 43.5 Å². The maximum absolute atomic E-state index is 13.6. The summed E-state index contributed by atoms with van der Waals surface area (Å²) in [6.07, 6.45) is 3.28. The van der Waals surface area contributed by atoms with Crippen LogP contribution < -0.4 is 10.5 Å². The fraction of sp³-hybridized carbons (Fsp3) is 0.312. The molecular formula is C16H18F2N2O. The molecule has 1 heterocycles. The average Bonchev–Trinajstić information content (AvgIpc) is 2.44. The summed E-state index contributed by atoms with van der Waals surface area (Å²) < 4.78 is 31.8. The predicted molar refractivity (Wildman–Crippen MR) is 77.4 cm³/mol. The summed E-state index contributed by atoms with van der Waals surface area (Å²) in [7, 11) is 0. The van der Waals surface area contributed by atoms with Crippen molar-refractivity contribution in [3.8, 4) is 11.6 Å². The molecule has 0 saturated carbocycles. The van der Waals surface area contributed by atoms with E-state index in [1.54, 1.807) is 6.20 Å². The number of pyridine rings is 1. The van der Waals surface area contributed by atoms with E-state index in [4.69, 9.17) is 10.5 Å². The van der Waals surface area contributed by atoms with Gasteiger partial charge in [-0.3, -0.25) is 0 Å². The van der Waals surface area contributed by atoms with Crippen LogP contribution in [0.5, 0.6) is 11.6 Å². The topological polar surface area (TPSA) is 48.1 Å². The second-order valence-electron chi connectivity index (χ2n) is 5.01. The molecular weight excluding hydrogens is 274 g/mol. The van der Waals surface area contributed by atoms with Crippen molar-refractivity contribution in [3.05, 3.63) is 53.2 Å². The van der Waals surface area contributed by atoms with Gasteiger partial charge >= 0.3 is 0 Å². The molecule has 1 unspecified atom stereocenters. The van der Waals surface area contributed by atoms with E-state index in [0.29, 0.717) is 5.88 Å². The van der Waals surface area contributed by atoms with Crippen molar-refractivity contribution < 1.29 is 13.5 Å². The maximum atomic E-state index is 13.6. The number of nitrogens with zero attached hydrogens (tertiary/aromatic N) is 1. The van der Waals surface area contributed by atoms with Gasteiger partial charge in [0.25, 0.3) is 0 Å². The minimum atomic E-state index is -0.756. The largest absolute Gasteiger partial charge is 0.436 e. The molecule has 0 spiro atoms. The van der Waals surface area contributed by atoms with Crippen molar-refractivity contribution in [2.75, 3.05) is 0 Å². The second-order valence-corrected chi connectivity index (χ2v) is 5.01. The number of rotatable bonds is 5. The van der Waals surface area contributed by atoms with Crippen LogP contribution in [0.3, 0.4) is 0 Å². The number of hydrogen-bond acceptors (Lipinski definition) is 3. The molecule has 112 valence electrons. The highest BCUT2D eigenvalue weighted by molar-refractivity contribution is 5.34. The highest BCUT2D eigenvalue weighted by Crippen LogP contribution is 2.26. The van der Waals surface area contributed by atoms with Crippen molar-refractivity contribution >= 4 is 0 Å². The zero-order valence-electron chi connectivity index (χ0n) is 12.1. The average molecular weight is 292 g/mol. The number of aromatic nitrogens is 1. The molecule has 0 bridgehead atoms. The third-order valence-electron chi connectivity index (χ3n) is 3.21. The van der Waals surface area contributed by atoms with Crippen LogP contribution in [0.15, 0.2) is 30.5 Å². The van der Waals surface area contributed by atoms with Crippen LogP contribution in [0.25, 0.3) is 0 Å². The lowest BCUT2D eigenvalue weighted by atomic mass is 10.1. The lowest BCUT2D eigenvalue weighted by Crippen LogP contribution is -2.21. The Morgan fingerprint density at radius 3 is 2.67 bits per heavy atom. The predicted octanol–water partition coefficient (Wildman–Crippen LogP) is 3.74. The van der Waals surface area contributed by atoms with E-state index in [1.807, 2.05) is 19.9 Å². The molecule has 0 aliphatic rings. The van der Waals surface area contributed by atoms with E-state index in [2.05, 4.69) is 4.98 Å². The van der Waals surface area contributed by atoms with Crippen LogP contribution in [0, 0.1) is 18.6 Å². The van der Waals surface area contributed by atoms with Crippen molar-refractivity contribution in [1.29, 1.82) is 0 Å². The third-order valence-corrected chi connectivity index (χ3v) is 3.21. The Bertz CT molecular complexity index is 632. The van der Waals surface area contributed by atoms with Gasteiger partial charge in [0, 0.05) is 23.9 Å². The number of halogens is 2. The summed E-state index contributed by atoms with van der Waals surface area (Å²) in [5, 5.41) is 0. The quantitative estimate of drug-likeness (QED) is 0.913. The molecule has 2 N–H and O–H groups in total. The van der Waals surface area contributed by atoms with Crippen LogP contribution in [-0.4, -0.2) is 11.0 Å². The van der Waals surface area contributed by atoms with Crippen molar-refractivity contribution in [3.63, 3.8) is 0 Å². The normalized spacial score (nSPS) is 12.2. The van der Waals surface area contributed by atoms with E-state index in [0.717, 1.165) is 36.1 Å². The molecule has 2 rings (SSSR count). The number of ether oxygens (including phenoxy) is 1. The first-order valence-electron chi connectivity index (χ1n) is 6.83. The number of hydrogen-bond donors (Lipinski definition) is 1. The van der Waals surface area contributed by atoms with Crippen LogP contribution >= 0.6 is 0 Å². The molecule has 0 aliphatic carbocycles. The number of nitrogens with two attached hydrogens (primary N) is 1. The van der Waals surface area contributed by atoms with Crippen molar-refractivity contribution in [1.82, 2.24) is 4.98 Å². The molecule has 1 aromatic heterocycles. The minimum absolute atomic E-state index is 0.0509. The van der Waals surface area contributed by atoms with Gasteiger partial charge in [0.1, 0.15) is 5.82 Å². The Morgan fingerprint density at radius 2 is 2.05 bits per heavy atom. The van der Waals surface area contributed by atoms with Gasteiger partial charge in [-0.15, -0.1) is 0 Å². The first kappa shape index (κ1) is 15.4. The Morgan fingerprint density at radius 1 is 1.29 bits per heavy atom. The first-order chi connectivity index (χ1) is 9.99. The fourth-order valence-electron chi connectivity index (χ4n) is 1.95. The van der Waals surface area contributed by atoms with Crippen molar-refractivity contribution in [2.45, 2.75) is 32.7 Å². The van der Waals surface area contributed by atoms with E-state index in [9.17, 15) is 8.78 Å². The molecule has 0 fully saturated rings. The van der Waals surface area contributed by atoms with E-state index < -0.39 is 11.6 Å². The highest BCUT2D eigenvalue weighted by Gasteiger charge is 2.10. The standard InChI is InChI=1S/C16H18F2N2O/c1-3-13(19)7-11-6-10(2)16(20-9-11)21-15-5-4-12(17)8-14(15)18/h4-6,8-9,13H,3,7,19H2,1-2H3. The molecule has 5 heteroatoms. The Balaban J connectivity index is 2.17. The molecule has 2 aromatic rings. The Kier molecular flexibility index (Phi) is 4.85. The zero-order valence-corrected chi connectivity index (χ0v) is 12.1. The molecule has 0 radical (unpaired) electrons. The van der Waals surface area contributed by atoms with E-state index in [-0.39, 0.29) is 11.8 Å². The lowest BCUT2D eigenvalue weighted by molar-refractivity contribution is 0.420. The number of benzene rings is 1. The highest BCUT2D eigenvalue weighted by atomic mass is 19.1. The van der Waals surface area contributed by atoms with Gasteiger partial charge in [-0.2, -0.15) is 0 Å². The van der Waals surface area contributed by atoms with E-state index in [1.165, 1.54) is 6.07 Å². The fourth-order valence-corrected chi connectivity index (χ4v) is 1.95. The molecule has 1 aromatic carbocycles. The SMILES string of the molecule is CCC(N)Cc1cnc(Oc2ccc(F)cc2F)c(C)c1. The summed E-state index contributed by atoms with van der Waals surface area (Å²) in [5.74, 6) is -1.15. The van der Waals surface area contributed by atoms with Gasteiger partial charge in [0.05, 0.1) is 0 Å². The Hall–Kier alpha value is -2.01. The Labute approximate surface area is 122 Å². The molecule has 3 nitrogen and oxygen atoms in total. The molecule has 0 aliphatic heterocycles. The first-order valence-corrected chi connectivity index (χ1v) is 6.83. The van der Waals surface area contributed by atoms with E-state index >= 15 is 0 Å². The smallest absolute Gasteiger partial charge is 0.222 e. The number of aryl methyl sites for hydroxylation is 1. The van der Waals surface area contributed by atoms with Crippen LogP contribution in [-0.2, 0) is 6.42 Å². The zero-order chi connectivity index (χ0) is 15.4. The van der Waals surface area contributed by atoms with Gasteiger partial charge in [0.15, 0.2) is 11.6 Å². The summed E-state index contributed by atoms with van der Waals surface area (Å²) in [4.78, 5) is 4.19. The molecule has 1 atom stereocenters. The summed E-state index contributed by atoms with van der Waals surface area (Å²) >= 11 is 0. The lowest BCUT2D eigenvalue weighted by Gasteiger charge is -2.12. The monoisotopic (exact) mass is 292 g/mol. The maximum Gasteiger partial charge on any atom is 0.222 e.